The summed E-state index contributed by atoms with van der Waals surface area (Å²) >= 11 is 0. The number of benzene rings is 2. The van der Waals surface area contributed by atoms with Gasteiger partial charge < -0.3 is 30.2 Å². The Morgan fingerprint density at radius 1 is 1.23 bits per heavy atom. The summed E-state index contributed by atoms with van der Waals surface area (Å²) in [6, 6.07) is 11.4. The molecule has 224 valence electrons. The maximum absolute atomic E-state index is 16.3. The fourth-order valence-corrected chi connectivity index (χ4v) is 4.82. The van der Waals surface area contributed by atoms with Crippen LogP contribution in [0, 0.1) is 11.2 Å². The molecule has 0 amide bonds. The molecule has 5 N–H and O–H groups in total. The zero-order valence-electron chi connectivity index (χ0n) is 23.8. The van der Waals surface area contributed by atoms with Gasteiger partial charge in [-0.25, -0.2) is 14.2 Å². The van der Waals surface area contributed by atoms with Crippen LogP contribution in [0.4, 0.5) is 10.1 Å². The van der Waals surface area contributed by atoms with E-state index >= 15 is 4.39 Å². The lowest BCUT2D eigenvalue weighted by Gasteiger charge is -2.22. The Morgan fingerprint density at radius 3 is 2.70 bits per heavy atom. The molecule has 43 heavy (non-hydrogen) atoms. The van der Waals surface area contributed by atoms with Crippen LogP contribution in [0.1, 0.15) is 36.3 Å². The van der Waals surface area contributed by atoms with E-state index in [1.54, 1.807) is 24.3 Å². The van der Waals surface area contributed by atoms with Crippen molar-refractivity contribution in [3.63, 3.8) is 0 Å². The van der Waals surface area contributed by atoms with E-state index < -0.39 is 23.5 Å². The molecule has 4 aromatic rings. The zero-order valence-corrected chi connectivity index (χ0v) is 23.8. The number of amidine groups is 1. The number of nitrogens with two attached hydrogens (primary N) is 1. The Morgan fingerprint density at radius 2 is 2.05 bits per heavy atom. The monoisotopic (exact) mass is 590 g/mol. The molecular weight excluding hydrogens is 559 g/mol. The number of pyridine rings is 1. The number of halogens is 1. The summed E-state index contributed by atoms with van der Waals surface area (Å²) in [7, 11) is 3.42. The molecule has 1 saturated heterocycles. The molecule has 2 atom stereocenters. The molecule has 14 heteroatoms. The summed E-state index contributed by atoms with van der Waals surface area (Å²) in [5.74, 6) is -0.956. The minimum absolute atomic E-state index is 0.0134. The second kappa shape index (κ2) is 12.3. The standard InChI is InChI=1S/C29H31FN8O5/c1-16(39)42-22-12-17(7-8-20(22)27(31)32)34-26(28-35-29(40)38(36-28)24-6-4-5-10-33-24)21-13-19(41-3)14-23(25(21)30)43-18-9-11-37(2)15-18/h4-8,10,12-14,18,26,34H,9,11,15H2,1-3H3,(H3,31,32)(H,35,36,40). The fraction of sp³-hybridized carbons (Fsp3) is 0.276. The first-order valence-electron chi connectivity index (χ1n) is 13.4. The largest absolute Gasteiger partial charge is 0.497 e. The van der Waals surface area contributed by atoms with Crippen LogP contribution in [0.5, 0.6) is 17.2 Å². The Bertz CT molecular complexity index is 1710. The van der Waals surface area contributed by atoms with Crippen LogP contribution in [-0.2, 0) is 4.79 Å². The molecule has 13 nitrogen and oxygen atoms in total. The van der Waals surface area contributed by atoms with Crippen molar-refractivity contribution in [2.45, 2.75) is 25.5 Å². The van der Waals surface area contributed by atoms with Crippen LogP contribution in [0.15, 0.2) is 59.5 Å². The van der Waals surface area contributed by atoms with E-state index in [-0.39, 0.29) is 46.2 Å². The van der Waals surface area contributed by atoms with Gasteiger partial charge in [0.1, 0.15) is 29.5 Å². The Hall–Kier alpha value is -5.24. The number of hydrogen-bond acceptors (Lipinski definition) is 10. The third-order valence-corrected chi connectivity index (χ3v) is 6.84. The minimum atomic E-state index is -1.10. The molecular formula is C29H31FN8O5. The lowest BCUT2D eigenvalue weighted by molar-refractivity contribution is -0.131. The number of carbonyl (C=O) groups excluding carboxylic acids is 1. The summed E-state index contributed by atoms with van der Waals surface area (Å²) in [5, 5.41) is 15.5. The molecule has 1 fully saturated rings. The number of H-pyrrole nitrogens is 1. The molecule has 3 heterocycles. The van der Waals surface area contributed by atoms with Gasteiger partial charge >= 0.3 is 11.7 Å². The van der Waals surface area contributed by atoms with Crippen molar-refractivity contribution in [2.24, 2.45) is 5.73 Å². The quantitative estimate of drug-likeness (QED) is 0.0930. The minimum Gasteiger partial charge on any atom is -0.497 e. The highest BCUT2D eigenvalue weighted by atomic mass is 19.1. The number of likely N-dealkylation sites (N-methyl/N-ethyl adjacent to an activating group) is 1. The number of rotatable bonds is 10. The lowest BCUT2D eigenvalue weighted by atomic mass is 10.0. The maximum Gasteiger partial charge on any atom is 0.349 e. The Balaban J connectivity index is 1.63. The Kier molecular flexibility index (Phi) is 8.39. The maximum atomic E-state index is 16.3. The number of carbonyl (C=O) groups is 1. The van der Waals surface area contributed by atoms with E-state index in [1.165, 1.54) is 44.5 Å². The van der Waals surface area contributed by atoms with Crippen LogP contribution in [0.2, 0.25) is 0 Å². The molecule has 0 aliphatic carbocycles. The van der Waals surface area contributed by atoms with E-state index in [1.807, 2.05) is 7.05 Å². The molecule has 1 aliphatic rings. The van der Waals surface area contributed by atoms with Crippen molar-refractivity contribution in [3.8, 4) is 23.1 Å². The normalized spacial score (nSPS) is 15.6. The average molecular weight is 591 g/mol. The van der Waals surface area contributed by atoms with E-state index in [9.17, 15) is 9.59 Å². The van der Waals surface area contributed by atoms with Crippen molar-refractivity contribution >= 4 is 17.5 Å². The van der Waals surface area contributed by atoms with Gasteiger partial charge in [-0.3, -0.25) is 15.2 Å². The number of hydrogen-bond donors (Lipinski definition) is 4. The fourth-order valence-electron chi connectivity index (χ4n) is 4.82. The predicted octanol–water partition coefficient (Wildman–Crippen LogP) is 2.60. The second-order valence-electron chi connectivity index (χ2n) is 10.0. The lowest BCUT2D eigenvalue weighted by Crippen LogP contribution is -2.23. The number of nitrogen functional groups attached to an aromatic ring is 1. The van der Waals surface area contributed by atoms with E-state index in [2.05, 4.69) is 25.3 Å². The van der Waals surface area contributed by atoms with E-state index in [4.69, 9.17) is 25.4 Å². The van der Waals surface area contributed by atoms with Gasteiger partial charge in [0.05, 0.1) is 12.7 Å². The molecule has 5 rings (SSSR count). The number of nitrogens with one attached hydrogen (secondary N) is 3. The van der Waals surface area contributed by atoms with Gasteiger partial charge in [-0.1, -0.05) is 6.07 Å². The van der Waals surface area contributed by atoms with Crippen LogP contribution < -0.4 is 31.0 Å². The first kappa shape index (κ1) is 29.3. The van der Waals surface area contributed by atoms with E-state index in [0.717, 1.165) is 17.6 Å². The molecule has 0 saturated carbocycles. The highest BCUT2D eigenvalue weighted by molar-refractivity contribution is 5.98. The topological polar surface area (TPSA) is 173 Å². The van der Waals surface area contributed by atoms with Crippen molar-refractivity contribution in [1.82, 2.24) is 24.6 Å². The van der Waals surface area contributed by atoms with Crippen molar-refractivity contribution in [3.05, 3.63) is 88.0 Å². The van der Waals surface area contributed by atoms with Gasteiger partial charge in [-0.05, 0) is 43.8 Å². The van der Waals surface area contributed by atoms with Crippen LogP contribution >= 0.6 is 0 Å². The van der Waals surface area contributed by atoms with Crippen LogP contribution in [0.25, 0.3) is 5.82 Å². The van der Waals surface area contributed by atoms with Gasteiger partial charge in [0.2, 0.25) is 0 Å². The highest BCUT2D eigenvalue weighted by Gasteiger charge is 2.29. The number of anilines is 1. The number of methoxy groups -OCH3 is 1. The van der Waals surface area contributed by atoms with Gasteiger partial charge in [-0.2, -0.15) is 4.68 Å². The third kappa shape index (κ3) is 6.48. The number of nitrogens with zero attached hydrogens (tertiary/aromatic N) is 4. The Labute approximate surface area is 245 Å². The van der Waals surface area contributed by atoms with Gasteiger partial charge in [-0.15, -0.1) is 5.10 Å². The second-order valence-corrected chi connectivity index (χ2v) is 10.0. The smallest absolute Gasteiger partial charge is 0.349 e. The first-order valence-corrected chi connectivity index (χ1v) is 13.4. The van der Waals surface area contributed by atoms with Crippen LogP contribution in [-0.4, -0.2) is 69.8 Å². The number of aromatic nitrogens is 4. The molecule has 0 bridgehead atoms. The predicted molar refractivity (Wildman–Crippen MR) is 156 cm³/mol. The number of aromatic amines is 1. The molecule has 2 aromatic carbocycles. The zero-order chi connectivity index (χ0) is 30.7. The highest BCUT2D eigenvalue weighted by Crippen LogP contribution is 2.36. The molecule has 0 radical (unpaired) electrons. The number of likely N-dealkylation sites (tertiary alicyclic amines) is 1. The van der Waals surface area contributed by atoms with Gasteiger partial charge in [0.15, 0.2) is 23.2 Å². The van der Waals surface area contributed by atoms with E-state index in [0.29, 0.717) is 18.0 Å². The average Bonchev–Trinajstić information content (AvgIpc) is 3.57. The SMILES string of the molecule is COc1cc(OC2CCN(C)C2)c(F)c(C(Nc2ccc(C(=N)N)c(OC(C)=O)c2)c2nn(-c3ccccn3)c(=O)[nH]2)c1. The number of esters is 1. The van der Waals surface area contributed by atoms with Crippen molar-refractivity contribution in [1.29, 1.82) is 5.41 Å². The molecule has 0 spiro atoms. The third-order valence-electron chi connectivity index (χ3n) is 6.84. The summed E-state index contributed by atoms with van der Waals surface area (Å²) in [4.78, 5) is 33.7. The van der Waals surface area contributed by atoms with Crippen LogP contribution in [0.3, 0.4) is 0 Å². The summed E-state index contributed by atoms with van der Waals surface area (Å²) < 4.78 is 34.2. The summed E-state index contributed by atoms with van der Waals surface area (Å²) in [6.07, 6.45) is 2.03. The molecule has 2 aromatic heterocycles. The van der Waals surface area contributed by atoms with Crippen molar-refractivity contribution in [2.75, 3.05) is 32.6 Å². The first-order chi connectivity index (χ1) is 20.6. The summed E-state index contributed by atoms with van der Waals surface area (Å²) in [5.41, 5.74) is 5.68. The molecule has 2 unspecified atom stereocenters. The number of ether oxygens (including phenoxy) is 3. The summed E-state index contributed by atoms with van der Waals surface area (Å²) in [6.45, 7) is 2.67. The van der Waals surface area contributed by atoms with Crippen molar-refractivity contribution < 1.29 is 23.4 Å². The van der Waals surface area contributed by atoms with Gasteiger partial charge in [0, 0.05) is 49.6 Å². The van der Waals surface area contributed by atoms with Gasteiger partial charge in [0.25, 0.3) is 0 Å². The molecule has 1 aliphatic heterocycles.